The number of carbonyl (C=O) groups is 1. The average Bonchev–Trinajstić information content (AvgIpc) is 3.17. The van der Waals surface area contributed by atoms with Crippen LogP contribution in [0.3, 0.4) is 0 Å². The van der Waals surface area contributed by atoms with Crippen LogP contribution in [0.2, 0.25) is 0 Å². The average molecular weight is 535 g/mol. The molecule has 2 fully saturated rings. The number of amides is 1. The fraction of sp³-hybridized carbons (Fsp3) is 0.448. The number of thioether (sulfide) groups is 1. The van der Waals surface area contributed by atoms with E-state index in [0.717, 1.165) is 55.7 Å². The van der Waals surface area contributed by atoms with Gasteiger partial charge in [0, 0.05) is 25.2 Å². The molecule has 2 atom stereocenters. The molecular weight excluding hydrogens is 500 g/mol. The Morgan fingerprint density at radius 3 is 2.65 bits per heavy atom. The molecule has 0 aliphatic carbocycles. The number of nitrogens with zero attached hydrogens (tertiary/aromatic N) is 4. The third-order valence-corrected chi connectivity index (χ3v) is 8.64. The Labute approximate surface area is 229 Å². The molecule has 2 aliphatic rings. The van der Waals surface area contributed by atoms with Crippen molar-refractivity contribution in [1.29, 1.82) is 5.26 Å². The van der Waals surface area contributed by atoms with Crippen molar-refractivity contribution >= 4 is 46.1 Å². The zero-order valence-electron chi connectivity index (χ0n) is 22.0. The van der Waals surface area contributed by atoms with Gasteiger partial charge < -0.3 is 4.90 Å². The summed E-state index contributed by atoms with van der Waals surface area (Å²) in [6.07, 6.45) is 5.82. The Morgan fingerprint density at radius 1 is 1.27 bits per heavy atom. The van der Waals surface area contributed by atoms with Gasteiger partial charge in [0.2, 0.25) is 0 Å². The lowest BCUT2D eigenvalue weighted by Gasteiger charge is -2.36. The fourth-order valence-corrected chi connectivity index (χ4v) is 6.62. The van der Waals surface area contributed by atoms with Crippen LogP contribution in [-0.2, 0) is 11.3 Å². The first-order valence-electron chi connectivity index (χ1n) is 13.0. The van der Waals surface area contributed by atoms with E-state index in [1.165, 1.54) is 11.8 Å². The molecule has 3 heterocycles. The van der Waals surface area contributed by atoms with Crippen LogP contribution in [0.4, 0.5) is 5.82 Å². The number of aromatic nitrogens is 1. The lowest BCUT2D eigenvalue weighted by molar-refractivity contribution is -0.123. The van der Waals surface area contributed by atoms with Crippen LogP contribution >= 0.6 is 24.0 Å². The summed E-state index contributed by atoms with van der Waals surface area (Å²) in [7, 11) is 0. The molecule has 2 aliphatic heterocycles. The Kier molecular flexibility index (Phi) is 8.56. The van der Waals surface area contributed by atoms with Crippen molar-refractivity contribution in [3.05, 3.63) is 67.8 Å². The van der Waals surface area contributed by atoms with E-state index in [1.807, 2.05) is 50.3 Å². The number of nitriles is 1. The maximum absolute atomic E-state index is 13.7. The maximum atomic E-state index is 13.7. The third kappa shape index (κ3) is 5.39. The molecule has 0 saturated carbocycles. The van der Waals surface area contributed by atoms with E-state index >= 15 is 0 Å². The SMILES string of the molecule is CCCCn1c(N2CCCC(C)C2)c(C=C2SC(=S)N(C(C)c3ccccc3)C2=O)c(C)c(C#N)c1=O. The number of hydrogen-bond acceptors (Lipinski definition) is 6. The van der Waals surface area contributed by atoms with E-state index in [2.05, 4.69) is 24.8 Å². The first-order valence-corrected chi connectivity index (χ1v) is 14.2. The number of benzene rings is 1. The van der Waals surface area contributed by atoms with Crippen LogP contribution < -0.4 is 10.5 Å². The lowest BCUT2D eigenvalue weighted by atomic mass is 9.97. The molecule has 0 bridgehead atoms. The van der Waals surface area contributed by atoms with E-state index in [4.69, 9.17) is 12.2 Å². The van der Waals surface area contributed by atoms with Crippen molar-refractivity contribution in [2.45, 2.75) is 66.0 Å². The zero-order valence-corrected chi connectivity index (χ0v) is 23.6. The second kappa shape index (κ2) is 11.7. The highest BCUT2D eigenvalue weighted by Crippen LogP contribution is 2.40. The van der Waals surface area contributed by atoms with Crippen LogP contribution in [0, 0.1) is 24.2 Å². The summed E-state index contributed by atoms with van der Waals surface area (Å²) >= 11 is 6.94. The smallest absolute Gasteiger partial charge is 0.270 e. The van der Waals surface area contributed by atoms with E-state index in [0.29, 0.717) is 27.3 Å². The van der Waals surface area contributed by atoms with Crippen molar-refractivity contribution in [3.63, 3.8) is 0 Å². The van der Waals surface area contributed by atoms with Crippen molar-refractivity contribution in [2.24, 2.45) is 5.92 Å². The topological polar surface area (TPSA) is 69.3 Å². The molecule has 0 radical (unpaired) electrons. The van der Waals surface area contributed by atoms with Gasteiger partial charge in [-0.1, -0.05) is 74.6 Å². The number of unbranched alkanes of at least 4 members (excludes halogenated alkanes) is 1. The van der Waals surface area contributed by atoms with E-state index in [1.54, 1.807) is 9.47 Å². The van der Waals surface area contributed by atoms with Crippen molar-refractivity contribution in [1.82, 2.24) is 9.47 Å². The molecule has 0 N–H and O–H groups in total. The number of anilines is 1. The highest BCUT2D eigenvalue weighted by molar-refractivity contribution is 8.26. The van der Waals surface area contributed by atoms with E-state index in [-0.39, 0.29) is 23.1 Å². The van der Waals surface area contributed by atoms with Gasteiger partial charge in [0.05, 0.1) is 10.9 Å². The Balaban J connectivity index is 1.85. The summed E-state index contributed by atoms with van der Waals surface area (Å²) in [5.41, 5.74) is 2.30. The molecule has 2 aromatic rings. The molecule has 1 amide bonds. The molecule has 37 heavy (non-hydrogen) atoms. The predicted molar refractivity (Wildman–Crippen MR) is 156 cm³/mol. The first-order chi connectivity index (χ1) is 17.8. The second-order valence-electron chi connectivity index (χ2n) is 9.99. The maximum Gasteiger partial charge on any atom is 0.270 e. The molecule has 1 aromatic heterocycles. The van der Waals surface area contributed by atoms with Gasteiger partial charge in [0.1, 0.15) is 21.8 Å². The van der Waals surface area contributed by atoms with Crippen LogP contribution in [0.15, 0.2) is 40.0 Å². The van der Waals surface area contributed by atoms with E-state index < -0.39 is 0 Å². The van der Waals surface area contributed by atoms with Gasteiger partial charge in [0.15, 0.2) is 0 Å². The van der Waals surface area contributed by atoms with E-state index in [9.17, 15) is 14.9 Å². The number of thiocarbonyl (C=S) groups is 1. The number of pyridine rings is 1. The van der Waals surface area contributed by atoms with Gasteiger partial charge in [-0.15, -0.1) is 0 Å². The third-order valence-electron chi connectivity index (χ3n) is 7.31. The summed E-state index contributed by atoms with van der Waals surface area (Å²) < 4.78 is 2.28. The second-order valence-corrected chi connectivity index (χ2v) is 11.7. The highest BCUT2D eigenvalue weighted by atomic mass is 32.2. The Bertz CT molecular complexity index is 1330. The Morgan fingerprint density at radius 2 is 2.00 bits per heavy atom. The van der Waals surface area contributed by atoms with Gasteiger partial charge in [0.25, 0.3) is 11.5 Å². The van der Waals surface area contributed by atoms with Crippen molar-refractivity contribution < 1.29 is 4.79 Å². The minimum Gasteiger partial charge on any atom is -0.357 e. The molecule has 4 rings (SSSR count). The molecule has 1 aromatic carbocycles. The fourth-order valence-electron chi connectivity index (χ4n) is 5.22. The van der Waals surface area contributed by atoms with Crippen LogP contribution in [-0.4, -0.2) is 32.8 Å². The van der Waals surface area contributed by atoms with Gasteiger partial charge in [-0.05, 0) is 56.2 Å². The summed E-state index contributed by atoms with van der Waals surface area (Å²) in [5, 5.41) is 9.91. The Hall–Kier alpha value is -2.89. The normalized spacial score (nSPS) is 20.0. The highest BCUT2D eigenvalue weighted by Gasteiger charge is 2.37. The molecule has 2 saturated heterocycles. The summed E-state index contributed by atoms with van der Waals surface area (Å²) in [6, 6.07) is 11.8. The van der Waals surface area contributed by atoms with Crippen LogP contribution in [0.25, 0.3) is 6.08 Å². The predicted octanol–water partition coefficient (Wildman–Crippen LogP) is 6.03. The molecule has 0 spiro atoms. The van der Waals surface area contributed by atoms with Gasteiger partial charge in [-0.25, -0.2) is 0 Å². The standard InChI is InChI=1S/C29H34N4O2S2/c1-5-6-15-32-26(31-14-10-11-19(2)18-31)23(20(3)24(17-30)27(32)34)16-25-28(35)33(29(36)37-25)21(4)22-12-8-7-9-13-22/h7-9,12-13,16,19,21H,5-6,10-11,14-15,18H2,1-4H3. The molecule has 2 unspecified atom stereocenters. The first kappa shape index (κ1) is 27.2. The quantitative estimate of drug-likeness (QED) is 0.319. The zero-order chi connectivity index (χ0) is 26.7. The van der Waals surface area contributed by atoms with Crippen LogP contribution in [0.1, 0.15) is 74.8 Å². The monoisotopic (exact) mass is 534 g/mol. The summed E-state index contributed by atoms with van der Waals surface area (Å²) in [6.45, 7) is 10.3. The molecule has 194 valence electrons. The summed E-state index contributed by atoms with van der Waals surface area (Å²) in [5.74, 6) is 1.17. The van der Waals surface area contributed by atoms with Crippen molar-refractivity contribution in [2.75, 3.05) is 18.0 Å². The van der Waals surface area contributed by atoms with Gasteiger partial charge in [-0.3, -0.25) is 19.1 Å². The van der Waals surface area contributed by atoms with Crippen molar-refractivity contribution in [3.8, 4) is 6.07 Å². The number of carbonyl (C=O) groups excluding carboxylic acids is 1. The molecular formula is C29H34N4O2S2. The van der Waals surface area contributed by atoms with Crippen LogP contribution in [0.5, 0.6) is 0 Å². The number of hydrogen-bond donors (Lipinski definition) is 0. The molecule has 6 nitrogen and oxygen atoms in total. The van der Waals surface area contributed by atoms with Gasteiger partial charge >= 0.3 is 0 Å². The molecule has 8 heteroatoms. The minimum atomic E-state index is -0.246. The summed E-state index contributed by atoms with van der Waals surface area (Å²) in [4.78, 5) is 31.6. The number of piperidine rings is 1. The minimum absolute atomic E-state index is 0.143. The lowest BCUT2D eigenvalue weighted by Crippen LogP contribution is -2.40. The van der Waals surface area contributed by atoms with Gasteiger partial charge in [-0.2, -0.15) is 5.26 Å². The number of rotatable bonds is 7. The largest absolute Gasteiger partial charge is 0.357 e.